The van der Waals surface area contributed by atoms with E-state index in [9.17, 15) is 0 Å². The van der Waals surface area contributed by atoms with Gasteiger partial charge < -0.3 is 0 Å². The molecule has 84 valence electrons. The van der Waals surface area contributed by atoms with Crippen LogP contribution in [-0.4, -0.2) is 0 Å². The van der Waals surface area contributed by atoms with Crippen molar-refractivity contribution < 1.29 is 0 Å². The van der Waals surface area contributed by atoms with E-state index in [0.29, 0.717) is 11.8 Å². The normalized spacial score (nSPS) is 15.3. The quantitative estimate of drug-likeness (QED) is 0.622. The third-order valence-electron chi connectivity index (χ3n) is 3.07. The highest BCUT2D eigenvalue weighted by Gasteiger charge is 2.14. The van der Waals surface area contributed by atoms with Gasteiger partial charge in [-0.3, -0.25) is 0 Å². The maximum absolute atomic E-state index is 6.39. The van der Waals surface area contributed by atoms with Gasteiger partial charge in [0.15, 0.2) is 0 Å². The van der Waals surface area contributed by atoms with Gasteiger partial charge in [0, 0.05) is 0 Å². The minimum atomic E-state index is 0.149. The number of hydrogen-bond donors (Lipinski definition) is 0. The number of benzene rings is 1. The molecule has 0 aromatic heterocycles. The molecule has 0 aliphatic rings. The Bertz CT molecular complexity index is 287. The molecule has 0 saturated heterocycles. The summed E-state index contributed by atoms with van der Waals surface area (Å²) in [6.07, 6.45) is 1.13. The molecule has 0 nitrogen and oxygen atoms in total. The number of halogens is 1. The lowest BCUT2D eigenvalue weighted by Crippen LogP contribution is -2.02. The Balaban J connectivity index is 2.79. The lowest BCUT2D eigenvalue weighted by Gasteiger charge is -2.17. The average molecular weight is 225 g/mol. The first kappa shape index (κ1) is 12.6. The van der Waals surface area contributed by atoms with Gasteiger partial charge in [0.25, 0.3) is 0 Å². The molecular formula is C14H21Cl. The van der Waals surface area contributed by atoms with Crippen LogP contribution >= 0.6 is 11.6 Å². The number of rotatable bonds is 4. The second-order valence-corrected chi connectivity index (χ2v) is 5.08. The monoisotopic (exact) mass is 224 g/mol. The van der Waals surface area contributed by atoms with Crippen LogP contribution in [0.15, 0.2) is 24.3 Å². The van der Waals surface area contributed by atoms with Crippen LogP contribution < -0.4 is 0 Å². The van der Waals surface area contributed by atoms with E-state index >= 15 is 0 Å². The van der Waals surface area contributed by atoms with Gasteiger partial charge in [-0.25, -0.2) is 0 Å². The first-order valence-corrected chi connectivity index (χ1v) is 6.23. The SMILES string of the molecule is CCC(C)C(Cl)c1ccc(C(C)C)cc1. The summed E-state index contributed by atoms with van der Waals surface area (Å²) in [6, 6.07) is 8.72. The summed E-state index contributed by atoms with van der Waals surface area (Å²) in [7, 11) is 0. The van der Waals surface area contributed by atoms with E-state index in [1.54, 1.807) is 0 Å². The lowest BCUT2D eigenvalue weighted by atomic mass is 9.95. The smallest absolute Gasteiger partial charge is 0.0610 e. The topological polar surface area (TPSA) is 0 Å². The first-order chi connectivity index (χ1) is 7.06. The molecule has 0 N–H and O–H groups in total. The first-order valence-electron chi connectivity index (χ1n) is 5.80. The van der Waals surface area contributed by atoms with Crippen LogP contribution in [0.25, 0.3) is 0 Å². The van der Waals surface area contributed by atoms with Crippen LogP contribution in [0.3, 0.4) is 0 Å². The fourth-order valence-electron chi connectivity index (χ4n) is 1.60. The maximum atomic E-state index is 6.39. The van der Waals surface area contributed by atoms with Gasteiger partial charge in [0.2, 0.25) is 0 Å². The van der Waals surface area contributed by atoms with Crippen LogP contribution in [0.2, 0.25) is 0 Å². The molecule has 0 spiro atoms. The van der Waals surface area contributed by atoms with Crippen LogP contribution in [0, 0.1) is 5.92 Å². The van der Waals surface area contributed by atoms with Gasteiger partial charge >= 0.3 is 0 Å². The van der Waals surface area contributed by atoms with Crippen molar-refractivity contribution in [3.63, 3.8) is 0 Å². The summed E-state index contributed by atoms with van der Waals surface area (Å²) in [5.41, 5.74) is 2.63. The fourth-order valence-corrected chi connectivity index (χ4v) is 1.92. The molecule has 2 atom stereocenters. The predicted octanol–water partition coefficient (Wildman–Crippen LogP) is 5.14. The maximum Gasteiger partial charge on any atom is 0.0610 e. The molecule has 1 aromatic carbocycles. The molecule has 2 unspecified atom stereocenters. The Hall–Kier alpha value is -0.490. The molecule has 1 aromatic rings. The molecule has 1 rings (SSSR count). The minimum absolute atomic E-state index is 0.149. The zero-order valence-corrected chi connectivity index (χ0v) is 10.9. The largest absolute Gasteiger partial charge is 0.118 e. The molecule has 15 heavy (non-hydrogen) atoms. The highest BCUT2D eigenvalue weighted by Crippen LogP contribution is 2.31. The van der Waals surface area contributed by atoms with Crippen molar-refractivity contribution in [3.05, 3.63) is 35.4 Å². The average Bonchev–Trinajstić information content (AvgIpc) is 2.27. The van der Waals surface area contributed by atoms with Crippen molar-refractivity contribution in [3.8, 4) is 0 Å². The van der Waals surface area contributed by atoms with Crippen LogP contribution in [0.5, 0.6) is 0 Å². The van der Waals surface area contributed by atoms with Gasteiger partial charge in [-0.2, -0.15) is 0 Å². The minimum Gasteiger partial charge on any atom is -0.118 e. The van der Waals surface area contributed by atoms with Crippen molar-refractivity contribution in [2.24, 2.45) is 5.92 Å². The van der Waals surface area contributed by atoms with E-state index < -0.39 is 0 Å². The third-order valence-corrected chi connectivity index (χ3v) is 3.75. The Labute approximate surface area is 98.7 Å². The Kier molecular flexibility index (Phi) is 4.66. The van der Waals surface area contributed by atoms with Crippen molar-refractivity contribution >= 4 is 11.6 Å². The van der Waals surface area contributed by atoms with E-state index in [4.69, 9.17) is 11.6 Å². The molecule has 0 heterocycles. The summed E-state index contributed by atoms with van der Waals surface area (Å²) in [6.45, 7) is 8.81. The number of alkyl halides is 1. The van der Waals surface area contributed by atoms with Crippen molar-refractivity contribution in [1.82, 2.24) is 0 Å². The molecule has 0 aliphatic carbocycles. The Morgan fingerprint density at radius 3 is 1.87 bits per heavy atom. The number of hydrogen-bond acceptors (Lipinski definition) is 0. The van der Waals surface area contributed by atoms with E-state index in [1.807, 2.05) is 0 Å². The van der Waals surface area contributed by atoms with Crippen molar-refractivity contribution in [2.45, 2.75) is 45.4 Å². The summed E-state index contributed by atoms with van der Waals surface area (Å²) in [5.74, 6) is 1.13. The molecule has 1 heteroatoms. The third kappa shape index (κ3) is 3.24. The van der Waals surface area contributed by atoms with Gasteiger partial charge in [0.05, 0.1) is 5.38 Å². The Morgan fingerprint density at radius 2 is 1.47 bits per heavy atom. The highest BCUT2D eigenvalue weighted by atomic mass is 35.5. The lowest BCUT2D eigenvalue weighted by molar-refractivity contribution is 0.542. The van der Waals surface area contributed by atoms with Crippen LogP contribution in [0.4, 0.5) is 0 Å². The van der Waals surface area contributed by atoms with E-state index in [0.717, 1.165) is 6.42 Å². The standard InChI is InChI=1S/C14H21Cl/c1-5-11(4)14(15)13-8-6-12(7-9-13)10(2)3/h6-11,14H,5H2,1-4H3. The second-order valence-electron chi connectivity index (χ2n) is 4.61. The zero-order valence-electron chi connectivity index (χ0n) is 10.1. The van der Waals surface area contributed by atoms with Gasteiger partial charge in [-0.1, -0.05) is 58.4 Å². The molecule has 0 aliphatic heterocycles. The zero-order chi connectivity index (χ0) is 11.4. The van der Waals surface area contributed by atoms with Crippen LogP contribution in [0.1, 0.15) is 56.5 Å². The molecule has 0 radical (unpaired) electrons. The van der Waals surface area contributed by atoms with Gasteiger partial charge in [-0.05, 0) is 23.0 Å². The van der Waals surface area contributed by atoms with E-state index in [1.165, 1.54) is 11.1 Å². The van der Waals surface area contributed by atoms with Crippen LogP contribution in [-0.2, 0) is 0 Å². The Morgan fingerprint density at radius 1 is 1.00 bits per heavy atom. The molecule has 0 saturated carbocycles. The van der Waals surface area contributed by atoms with E-state index in [-0.39, 0.29) is 5.38 Å². The summed E-state index contributed by atoms with van der Waals surface area (Å²) >= 11 is 6.39. The molecule has 0 bridgehead atoms. The predicted molar refractivity (Wildman–Crippen MR) is 68.6 cm³/mol. The molecular weight excluding hydrogens is 204 g/mol. The highest BCUT2D eigenvalue weighted by molar-refractivity contribution is 6.20. The van der Waals surface area contributed by atoms with E-state index in [2.05, 4.69) is 52.0 Å². The summed E-state index contributed by atoms with van der Waals surface area (Å²) in [5, 5.41) is 0.149. The second kappa shape index (κ2) is 5.55. The van der Waals surface area contributed by atoms with Gasteiger partial charge in [-0.15, -0.1) is 11.6 Å². The van der Waals surface area contributed by atoms with Gasteiger partial charge in [0.1, 0.15) is 0 Å². The van der Waals surface area contributed by atoms with Crippen molar-refractivity contribution in [2.75, 3.05) is 0 Å². The van der Waals surface area contributed by atoms with Crippen molar-refractivity contribution in [1.29, 1.82) is 0 Å². The summed E-state index contributed by atoms with van der Waals surface area (Å²) < 4.78 is 0. The summed E-state index contributed by atoms with van der Waals surface area (Å²) in [4.78, 5) is 0. The molecule has 0 fully saturated rings. The molecule has 0 amide bonds. The fraction of sp³-hybridized carbons (Fsp3) is 0.571.